The van der Waals surface area contributed by atoms with Crippen molar-refractivity contribution in [2.45, 2.75) is 33.4 Å². The summed E-state index contributed by atoms with van der Waals surface area (Å²) in [5.41, 5.74) is 9.25. The number of allylic oxidation sites excluding steroid dienone is 4. The van der Waals surface area contributed by atoms with Crippen LogP contribution in [0.2, 0.25) is 0 Å². The van der Waals surface area contributed by atoms with Gasteiger partial charge in [-0.1, -0.05) is 36.4 Å². The van der Waals surface area contributed by atoms with E-state index >= 15 is 0 Å². The first kappa shape index (κ1) is 24.4. The summed E-state index contributed by atoms with van der Waals surface area (Å²) in [7, 11) is 0. The molecule has 1 amide bonds. The van der Waals surface area contributed by atoms with Crippen molar-refractivity contribution in [1.82, 2.24) is 15.3 Å². The lowest BCUT2D eigenvalue weighted by Gasteiger charge is -2.32. The van der Waals surface area contributed by atoms with Gasteiger partial charge in [0.15, 0.2) is 0 Å². The van der Waals surface area contributed by atoms with Crippen LogP contribution in [-0.4, -0.2) is 22.4 Å². The van der Waals surface area contributed by atoms with Crippen LogP contribution in [0, 0.1) is 0 Å². The molecule has 0 unspecified atom stereocenters. The number of rotatable bonds is 6. The molecule has 2 aromatic carbocycles. The van der Waals surface area contributed by atoms with Gasteiger partial charge in [0.1, 0.15) is 16.2 Å². The topological polar surface area (TPSA) is 138 Å². The number of H-pyrrole nitrogens is 1. The lowest BCUT2D eigenvalue weighted by Crippen LogP contribution is -2.44. The van der Waals surface area contributed by atoms with E-state index in [0.29, 0.717) is 29.0 Å². The Morgan fingerprint density at radius 1 is 1.22 bits per heavy atom. The zero-order valence-electron chi connectivity index (χ0n) is 20.4. The van der Waals surface area contributed by atoms with Crippen molar-refractivity contribution < 1.29 is 4.79 Å². The number of hydrogen-bond donors (Lipinski definition) is 3. The summed E-state index contributed by atoms with van der Waals surface area (Å²) in [4.78, 5) is 58.5. The first-order valence-electron chi connectivity index (χ1n) is 11.9. The lowest BCUT2D eigenvalue weighted by atomic mass is 9.96. The molecule has 0 spiro atoms. The van der Waals surface area contributed by atoms with Crippen LogP contribution in [0.25, 0.3) is 15.8 Å². The van der Waals surface area contributed by atoms with Crippen molar-refractivity contribution in [3.05, 3.63) is 101 Å². The van der Waals surface area contributed by atoms with Crippen LogP contribution in [0.5, 0.6) is 0 Å². The molecule has 10 heteroatoms. The minimum Gasteiger partial charge on any atom is -0.394 e. The quantitative estimate of drug-likeness (QED) is 0.265. The van der Waals surface area contributed by atoms with Gasteiger partial charge in [-0.05, 0) is 42.5 Å². The van der Waals surface area contributed by atoms with Gasteiger partial charge in [0.25, 0.3) is 22.3 Å². The highest BCUT2D eigenvalue weighted by Crippen LogP contribution is 2.29. The molecule has 2 aromatic heterocycles. The van der Waals surface area contributed by atoms with E-state index in [4.69, 9.17) is 5.73 Å². The molecule has 37 heavy (non-hydrogen) atoms. The van der Waals surface area contributed by atoms with E-state index < -0.39 is 16.8 Å². The third-order valence-electron chi connectivity index (χ3n) is 6.60. The van der Waals surface area contributed by atoms with Crippen LogP contribution in [-0.2, 0) is 19.5 Å². The number of anilines is 2. The van der Waals surface area contributed by atoms with Crippen molar-refractivity contribution >= 4 is 44.4 Å². The number of fused-ring (bicyclic) bond motifs is 2. The lowest BCUT2D eigenvalue weighted by molar-refractivity contribution is 0.0940. The number of amides is 1. The van der Waals surface area contributed by atoms with Gasteiger partial charge >= 0.3 is 0 Å². The van der Waals surface area contributed by atoms with Crippen molar-refractivity contribution in [2.24, 2.45) is 0 Å². The molecule has 1 aliphatic heterocycles. The van der Waals surface area contributed by atoms with E-state index in [9.17, 15) is 19.2 Å². The van der Waals surface area contributed by atoms with Gasteiger partial charge in [0.2, 0.25) is 5.82 Å². The molecule has 0 bridgehead atoms. The molecular formula is C27H25N5O4S. The number of carbonyl (C=O) groups excluding carboxylic acids is 1. The first-order valence-corrected chi connectivity index (χ1v) is 12.7. The van der Waals surface area contributed by atoms with Crippen LogP contribution in [0.15, 0.2) is 56.2 Å². The Morgan fingerprint density at radius 2 is 2.03 bits per heavy atom. The van der Waals surface area contributed by atoms with Gasteiger partial charge in [-0.3, -0.25) is 19.2 Å². The van der Waals surface area contributed by atoms with Gasteiger partial charge < -0.3 is 20.9 Å². The van der Waals surface area contributed by atoms with E-state index in [0.717, 1.165) is 34.2 Å². The number of nitrogen functional groups attached to an aromatic ring is 1. The van der Waals surface area contributed by atoms with Crippen molar-refractivity contribution in [3.63, 3.8) is 0 Å². The molecule has 1 aliphatic rings. The molecular weight excluding hydrogens is 490 g/mol. The van der Waals surface area contributed by atoms with Crippen molar-refractivity contribution in [3.8, 4) is 0 Å². The molecule has 0 aliphatic carbocycles. The summed E-state index contributed by atoms with van der Waals surface area (Å²) in [6.45, 7) is 5.11. The Balaban J connectivity index is 1.32. The van der Waals surface area contributed by atoms with Crippen LogP contribution in [0.3, 0.4) is 0 Å². The van der Waals surface area contributed by atoms with Crippen LogP contribution >= 0.6 is 11.3 Å². The van der Waals surface area contributed by atoms with E-state index in [2.05, 4.69) is 15.3 Å². The predicted molar refractivity (Wildman–Crippen MR) is 147 cm³/mol. The number of nitrogens with two attached hydrogens (primary N) is 1. The third-order valence-corrected chi connectivity index (χ3v) is 7.47. The Kier molecular flexibility index (Phi) is 6.34. The monoisotopic (exact) mass is 515 g/mol. The van der Waals surface area contributed by atoms with Crippen LogP contribution < -0.4 is 32.4 Å². The van der Waals surface area contributed by atoms with Crippen molar-refractivity contribution in [2.75, 3.05) is 17.2 Å². The maximum absolute atomic E-state index is 12.8. The number of nitrogens with one attached hydrogen (secondary N) is 2. The summed E-state index contributed by atoms with van der Waals surface area (Å²) < 4.78 is 0. The number of carbonyl (C=O) groups is 1. The van der Waals surface area contributed by atoms with Crippen LogP contribution in [0.4, 0.5) is 11.4 Å². The molecule has 4 N–H and O–H groups in total. The second kappa shape index (κ2) is 9.62. The Hall–Kier alpha value is -4.31. The zero-order valence-corrected chi connectivity index (χ0v) is 21.2. The number of thiophene rings is 1. The summed E-state index contributed by atoms with van der Waals surface area (Å²) in [5, 5.41) is 5.16. The number of hydrogen-bond acceptors (Lipinski definition) is 8. The number of aromatic nitrogens is 2. The predicted octanol–water partition coefficient (Wildman–Crippen LogP) is 2.63. The molecule has 9 nitrogen and oxygen atoms in total. The summed E-state index contributed by atoms with van der Waals surface area (Å²) >= 11 is 1.32. The Labute approximate surface area is 215 Å². The van der Waals surface area contributed by atoms with E-state index in [-0.39, 0.29) is 23.6 Å². The fourth-order valence-corrected chi connectivity index (χ4v) is 5.63. The molecule has 5 rings (SSSR count). The van der Waals surface area contributed by atoms with Gasteiger partial charge in [-0.25, -0.2) is 4.98 Å². The number of aromatic amines is 1. The second-order valence-corrected chi connectivity index (χ2v) is 9.72. The van der Waals surface area contributed by atoms with Gasteiger partial charge in [0.05, 0.1) is 5.39 Å². The minimum atomic E-state index is -0.624. The zero-order chi connectivity index (χ0) is 26.3. The maximum atomic E-state index is 12.8. The largest absolute Gasteiger partial charge is 0.394 e. The highest BCUT2D eigenvalue weighted by atomic mass is 32.1. The van der Waals surface area contributed by atoms with Gasteiger partial charge in [-0.2, -0.15) is 0 Å². The summed E-state index contributed by atoms with van der Waals surface area (Å²) in [6.07, 6.45) is 6.47. The molecule has 0 fully saturated rings. The average Bonchev–Trinajstić information content (AvgIpc) is 3.34. The molecule has 3 heterocycles. The first-order chi connectivity index (χ1) is 17.8. The summed E-state index contributed by atoms with van der Waals surface area (Å²) in [5.74, 6) is -0.525. The highest BCUT2D eigenvalue weighted by Gasteiger charge is 2.27. The standard InChI is InChI=1S/C27H25N5O4S/c1-3-5-15(4-2)18-13-37-27-19(18)25(35)30-24(31-27)26(36)29-11-14-6-7-16-8-9-32(12-17(16)10-14)21-20(28)22(33)23(21)34/h3-7,10,13H,8-9,11-12,28H2,1-2H3,(H,29,36)(H,30,31,35)/b5-3-,15-4+. The van der Waals surface area contributed by atoms with Crippen LogP contribution in [0.1, 0.15) is 46.7 Å². The highest BCUT2D eigenvalue weighted by molar-refractivity contribution is 7.17. The molecule has 0 atom stereocenters. The van der Waals surface area contributed by atoms with Crippen molar-refractivity contribution in [1.29, 1.82) is 0 Å². The fraction of sp³-hybridized carbons (Fsp3) is 0.222. The smallest absolute Gasteiger partial charge is 0.287 e. The van der Waals surface area contributed by atoms with Gasteiger partial charge in [0, 0.05) is 30.6 Å². The average molecular weight is 516 g/mol. The Bertz CT molecular complexity index is 1740. The normalized spacial score (nSPS) is 14.0. The number of benzene rings is 1. The minimum absolute atomic E-state index is 0.0250. The van der Waals surface area contributed by atoms with Gasteiger partial charge in [-0.15, -0.1) is 11.3 Å². The maximum Gasteiger partial charge on any atom is 0.287 e. The summed E-state index contributed by atoms with van der Waals surface area (Å²) in [6, 6.07) is 5.90. The SMILES string of the molecule is C/C=C\C(=C/C)c1csc2nc(C(=O)NCc3ccc4c(c3)CN(c3c(N)c(=O)c3=O)CC4)[nH]c(=O)c12. The third kappa shape index (κ3) is 4.29. The Morgan fingerprint density at radius 3 is 2.76 bits per heavy atom. The molecule has 0 radical (unpaired) electrons. The fourth-order valence-electron chi connectivity index (χ4n) is 4.68. The molecule has 0 saturated carbocycles. The molecule has 4 aromatic rings. The number of nitrogens with zero attached hydrogens (tertiary/aromatic N) is 2. The van der Waals surface area contributed by atoms with E-state index in [1.54, 1.807) is 0 Å². The molecule has 0 saturated heterocycles. The molecule has 188 valence electrons. The van der Waals surface area contributed by atoms with E-state index in [1.807, 2.05) is 60.6 Å². The van der Waals surface area contributed by atoms with E-state index in [1.165, 1.54) is 11.3 Å². The second-order valence-electron chi connectivity index (χ2n) is 8.87.